The fourth-order valence-electron chi connectivity index (χ4n) is 2.11. The van der Waals surface area contributed by atoms with Crippen LogP contribution in [0.5, 0.6) is 17.2 Å². The van der Waals surface area contributed by atoms with Crippen LogP contribution in [-0.2, 0) is 0 Å². The van der Waals surface area contributed by atoms with Crippen LogP contribution in [0.15, 0.2) is 48.5 Å². The van der Waals surface area contributed by atoms with E-state index in [0.717, 1.165) is 5.56 Å². The van der Waals surface area contributed by atoms with E-state index < -0.39 is 0 Å². The Hall–Kier alpha value is -2.75. The highest BCUT2D eigenvalue weighted by molar-refractivity contribution is 6.09. The molecule has 0 fully saturated rings. The highest BCUT2D eigenvalue weighted by atomic mass is 16.7. The van der Waals surface area contributed by atoms with Crippen LogP contribution in [0.25, 0.3) is 6.08 Å². The maximum absolute atomic E-state index is 12.3. The summed E-state index contributed by atoms with van der Waals surface area (Å²) in [5, 5.41) is 0. The van der Waals surface area contributed by atoms with Crippen molar-refractivity contribution in [2.24, 2.45) is 0 Å². The molecule has 4 nitrogen and oxygen atoms in total. The van der Waals surface area contributed by atoms with Crippen molar-refractivity contribution in [1.82, 2.24) is 0 Å². The molecule has 106 valence electrons. The normalized spacial score (nSPS) is 12.6. The Bertz CT molecular complexity index is 689. The van der Waals surface area contributed by atoms with Gasteiger partial charge in [-0.15, -0.1) is 0 Å². The number of methoxy groups -OCH3 is 1. The summed E-state index contributed by atoms with van der Waals surface area (Å²) in [5.74, 6) is 1.48. The first kappa shape index (κ1) is 13.2. The average molecular weight is 282 g/mol. The molecule has 0 spiro atoms. The van der Waals surface area contributed by atoms with E-state index in [1.807, 2.05) is 30.3 Å². The molecular weight excluding hydrogens is 268 g/mol. The Morgan fingerprint density at radius 2 is 1.86 bits per heavy atom. The standard InChI is InChI=1S/C17H14O4/c1-19-15-10-17-16(20-11-21-17)9-13(15)14(18)8-7-12-5-3-2-4-6-12/h2-10H,11H2,1H3. The third-order valence-corrected chi connectivity index (χ3v) is 3.19. The molecule has 0 saturated heterocycles. The van der Waals surface area contributed by atoms with Crippen LogP contribution < -0.4 is 14.2 Å². The third-order valence-electron chi connectivity index (χ3n) is 3.19. The summed E-state index contributed by atoms with van der Waals surface area (Å²) >= 11 is 0. The Kier molecular flexibility index (Phi) is 3.60. The number of fused-ring (bicyclic) bond motifs is 1. The van der Waals surface area contributed by atoms with Gasteiger partial charge in [0.2, 0.25) is 6.79 Å². The summed E-state index contributed by atoms with van der Waals surface area (Å²) in [4.78, 5) is 12.3. The molecule has 1 heterocycles. The lowest BCUT2D eigenvalue weighted by Crippen LogP contribution is -1.99. The molecule has 0 atom stereocenters. The van der Waals surface area contributed by atoms with Gasteiger partial charge >= 0.3 is 0 Å². The van der Waals surface area contributed by atoms with Gasteiger partial charge in [-0.1, -0.05) is 36.4 Å². The van der Waals surface area contributed by atoms with E-state index in [4.69, 9.17) is 14.2 Å². The number of carbonyl (C=O) groups is 1. The number of benzene rings is 2. The summed E-state index contributed by atoms with van der Waals surface area (Å²) in [6.45, 7) is 0.163. The number of ketones is 1. The van der Waals surface area contributed by atoms with E-state index in [2.05, 4.69) is 0 Å². The second-order valence-electron chi connectivity index (χ2n) is 4.51. The van der Waals surface area contributed by atoms with Crippen molar-refractivity contribution in [2.45, 2.75) is 0 Å². The lowest BCUT2D eigenvalue weighted by Gasteiger charge is -2.07. The van der Waals surface area contributed by atoms with Gasteiger partial charge in [0.05, 0.1) is 12.7 Å². The van der Waals surface area contributed by atoms with Crippen LogP contribution in [0.1, 0.15) is 15.9 Å². The Balaban J connectivity index is 1.89. The highest BCUT2D eigenvalue weighted by Crippen LogP contribution is 2.38. The summed E-state index contributed by atoms with van der Waals surface area (Å²) < 4.78 is 15.8. The van der Waals surface area contributed by atoms with Crippen LogP contribution in [0.2, 0.25) is 0 Å². The Labute approximate surface area is 122 Å². The molecule has 4 heteroatoms. The van der Waals surface area contributed by atoms with Crippen molar-refractivity contribution in [3.63, 3.8) is 0 Å². The topological polar surface area (TPSA) is 44.8 Å². The third kappa shape index (κ3) is 2.74. The van der Waals surface area contributed by atoms with Crippen molar-refractivity contribution in [3.05, 3.63) is 59.7 Å². The van der Waals surface area contributed by atoms with Gasteiger partial charge < -0.3 is 14.2 Å². The number of allylic oxidation sites excluding steroid dienone is 1. The fourth-order valence-corrected chi connectivity index (χ4v) is 2.11. The molecular formula is C17H14O4. The molecule has 0 N–H and O–H groups in total. The molecule has 0 aliphatic carbocycles. The lowest BCUT2D eigenvalue weighted by molar-refractivity contribution is 0.104. The quantitative estimate of drug-likeness (QED) is 0.637. The second-order valence-corrected chi connectivity index (χ2v) is 4.51. The van der Waals surface area contributed by atoms with Crippen molar-refractivity contribution >= 4 is 11.9 Å². The van der Waals surface area contributed by atoms with Gasteiger partial charge in [0, 0.05) is 6.07 Å². The number of hydrogen-bond donors (Lipinski definition) is 0. The van der Waals surface area contributed by atoms with Crippen LogP contribution in [0.3, 0.4) is 0 Å². The van der Waals surface area contributed by atoms with E-state index in [1.54, 1.807) is 18.2 Å². The van der Waals surface area contributed by atoms with Gasteiger partial charge in [-0.2, -0.15) is 0 Å². The molecule has 21 heavy (non-hydrogen) atoms. The SMILES string of the molecule is COc1cc2c(cc1C(=O)C=Cc1ccccc1)OCO2. The van der Waals surface area contributed by atoms with Crippen molar-refractivity contribution in [2.75, 3.05) is 13.9 Å². The largest absolute Gasteiger partial charge is 0.496 e. The molecule has 1 aliphatic rings. The van der Waals surface area contributed by atoms with Crippen molar-refractivity contribution in [3.8, 4) is 17.2 Å². The number of hydrogen-bond acceptors (Lipinski definition) is 4. The van der Waals surface area contributed by atoms with E-state index in [9.17, 15) is 4.79 Å². The number of rotatable bonds is 4. The molecule has 0 unspecified atom stereocenters. The first-order valence-corrected chi connectivity index (χ1v) is 6.53. The fraction of sp³-hybridized carbons (Fsp3) is 0.118. The summed E-state index contributed by atoms with van der Waals surface area (Å²) in [6.07, 6.45) is 3.29. The van der Waals surface area contributed by atoms with Crippen LogP contribution in [-0.4, -0.2) is 19.7 Å². The molecule has 0 saturated carbocycles. The zero-order valence-corrected chi connectivity index (χ0v) is 11.5. The summed E-state index contributed by atoms with van der Waals surface area (Å²) in [7, 11) is 1.52. The van der Waals surface area contributed by atoms with E-state index >= 15 is 0 Å². The molecule has 0 radical (unpaired) electrons. The maximum atomic E-state index is 12.3. The predicted octanol–water partition coefficient (Wildman–Crippen LogP) is 3.32. The smallest absolute Gasteiger partial charge is 0.231 e. The number of carbonyl (C=O) groups excluding carboxylic acids is 1. The summed E-state index contributed by atoms with van der Waals surface area (Å²) in [5.41, 5.74) is 1.42. The molecule has 1 aliphatic heterocycles. The highest BCUT2D eigenvalue weighted by Gasteiger charge is 2.20. The van der Waals surface area contributed by atoms with Crippen molar-refractivity contribution < 1.29 is 19.0 Å². The lowest BCUT2D eigenvalue weighted by atomic mass is 10.1. The van der Waals surface area contributed by atoms with Gasteiger partial charge in [-0.25, -0.2) is 0 Å². The molecule has 2 aromatic rings. The molecule has 2 aromatic carbocycles. The van der Waals surface area contributed by atoms with E-state index in [0.29, 0.717) is 22.8 Å². The number of ether oxygens (including phenoxy) is 3. The van der Waals surface area contributed by atoms with Crippen LogP contribution in [0.4, 0.5) is 0 Å². The minimum absolute atomic E-state index is 0.144. The van der Waals surface area contributed by atoms with Crippen molar-refractivity contribution in [1.29, 1.82) is 0 Å². The average Bonchev–Trinajstić information content (AvgIpc) is 2.99. The van der Waals surface area contributed by atoms with Gasteiger partial charge in [-0.3, -0.25) is 4.79 Å². The monoisotopic (exact) mass is 282 g/mol. The zero-order chi connectivity index (χ0) is 14.7. The van der Waals surface area contributed by atoms with Crippen LogP contribution in [0, 0.1) is 0 Å². The van der Waals surface area contributed by atoms with E-state index in [-0.39, 0.29) is 12.6 Å². The molecule has 0 bridgehead atoms. The Morgan fingerprint density at radius 1 is 1.14 bits per heavy atom. The van der Waals surface area contributed by atoms with Gasteiger partial charge in [0.15, 0.2) is 17.3 Å². The van der Waals surface area contributed by atoms with Gasteiger partial charge in [-0.05, 0) is 17.7 Å². The zero-order valence-electron chi connectivity index (χ0n) is 11.5. The van der Waals surface area contributed by atoms with Crippen LogP contribution >= 0.6 is 0 Å². The molecule has 3 rings (SSSR count). The van der Waals surface area contributed by atoms with Gasteiger partial charge in [0.1, 0.15) is 5.75 Å². The Morgan fingerprint density at radius 3 is 2.57 bits per heavy atom. The minimum atomic E-state index is -0.144. The minimum Gasteiger partial charge on any atom is -0.496 e. The second kappa shape index (κ2) is 5.71. The van der Waals surface area contributed by atoms with Gasteiger partial charge in [0.25, 0.3) is 0 Å². The molecule has 0 amide bonds. The first-order chi connectivity index (χ1) is 10.3. The molecule has 0 aromatic heterocycles. The maximum Gasteiger partial charge on any atom is 0.231 e. The predicted molar refractivity (Wildman–Crippen MR) is 78.9 cm³/mol. The summed E-state index contributed by atoms with van der Waals surface area (Å²) in [6, 6.07) is 13.0. The first-order valence-electron chi connectivity index (χ1n) is 6.53. The van der Waals surface area contributed by atoms with E-state index in [1.165, 1.54) is 13.2 Å².